The Bertz CT molecular complexity index is 855. The number of rotatable bonds is 6. The number of hydrogen-bond acceptors (Lipinski definition) is 4. The molecule has 0 N–H and O–H groups in total. The van der Waals surface area contributed by atoms with Crippen LogP contribution in [0.1, 0.15) is 30.9 Å². The lowest BCUT2D eigenvalue weighted by atomic mass is 10.0. The largest absolute Gasteiger partial charge is 0.350 e. The zero-order valence-electron chi connectivity index (χ0n) is 15.8. The van der Waals surface area contributed by atoms with Crippen molar-refractivity contribution in [3.63, 3.8) is 0 Å². The first-order valence-electron chi connectivity index (χ1n) is 8.51. The minimum absolute atomic E-state index is 0.205. The second kappa shape index (κ2) is 6.72. The predicted octanol–water partition coefficient (Wildman–Crippen LogP) is 5.11. The van der Waals surface area contributed by atoms with E-state index < -0.39 is 28.3 Å². The van der Waals surface area contributed by atoms with Gasteiger partial charge in [-0.3, -0.25) is 8.77 Å². The highest BCUT2D eigenvalue weighted by atomic mass is 32.2. The van der Waals surface area contributed by atoms with Gasteiger partial charge in [-0.1, -0.05) is 61.9 Å². The van der Waals surface area contributed by atoms with E-state index in [1.54, 1.807) is 0 Å². The average molecular weight is 392 g/mol. The summed E-state index contributed by atoms with van der Waals surface area (Å²) in [5, 5.41) is 0. The van der Waals surface area contributed by atoms with E-state index in [0.717, 1.165) is 11.1 Å². The minimum atomic E-state index is -3.65. The molecule has 6 heteroatoms. The molecule has 3 atom stereocenters. The maximum Gasteiger partial charge on any atom is 0.350 e. The average Bonchev–Trinajstić information content (AvgIpc) is 3.19. The summed E-state index contributed by atoms with van der Waals surface area (Å²) >= 11 is 0. The highest BCUT2D eigenvalue weighted by Crippen LogP contribution is 2.87. The van der Waals surface area contributed by atoms with Crippen molar-refractivity contribution in [3.05, 3.63) is 65.7 Å². The van der Waals surface area contributed by atoms with Crippen LogP contribution >= 0.6 is 7.60 Å². The first kappa shape index (κ1) is 19.5. The molecule has 2 aromatic carbocycles. The summed E-state index contributed by atoms with van der Waals surface area (Å²) in [6, 6.07) is 17.3. The second-order valence-electron chi connectivity index (χ2n) is 7.21. The van der Waals surface area contributed by atoms with Crippen molar-refractivity contribution in [2.45, 2.75) is 36.1 Å². The Morgan fingerprint density at radius 3 is 2.00 bits per heavy atom. The topological polar surface area (TPSA) is 52.6 Å². The van der Waals surface area contributed by atoms with Gasteiger partial charge in [0.1, 0.15) is 0 Å². The van der Waals surface area contributed by atoms with Crippen LogP contribution in [0.15, 0.2) is 59.5 Å². The summed E-state index contributed by atoms with van der Waals surface area (Å²) in [7, 11) is -2.48. The first-order chi connectivity index (χ1) is 12.3. The van der Waals surface area contributed by atoms with Gasteiger partial charge < -0.3 is 9.05 Å². The van der Waals surface area contributed by atoms with Crippen LogP contribution in [-0.2, 0) is 24.4 Å². The first-order valence-corrected chi connectivity index (χ1v) is 11.2. The van der Waals surface area contributed by atoms with Crippen molar-refractivity contribution in [3.8, 4) is 0 Å². The summed E-state index contributed by atoms with van der Waals surface area (Å²) in [5.41, 5.74) is 1.55. The fourth-order valence-electron chi connectivity index (χ4n) is 4.13. The van der Waals surface area contributed by atoms with Crippen molar-refractivity contribution >= 4 is 18.4 Å². The molecule has 0 heterocycles. The van der Waals surface area contributed by atoms with Crippen molar-refractivity contribution in [2.75, 3.05) is 14.2 Å². The summed E-state index contributed by atoms with van der Waals surface area (Å²) in [4.78, 5) is 0.636. The highest BCUT2D eigenvalue weighted by molar-refractivity contribution is 7.95. The van der Waals surface area contributed by atoms with Crippen molar-refractivity contribution in [1.29, 1.82) is 0 Å². The zero-order chi connectivity index (χ0) is 19.2. The number of hydrogen-bond donors (Lipinski definition) is 0. The van der Waals surface area contributed by atoms with Gasteiger partial charge in [-0.15, -0.1) is 0 Å². The van der Waals surface area contributed by atoms with Crippen LogP contribution in [0.5, 0.6) is 0 Å². The fraction of sp³-hybridized carbons (Fsp3) is 0.400. The van der Waals surface area contributed by atoms with Crippen LogP contribution in [0.3, 0.4) is 0 Å². The third kappa shape index (κ3) is 2.56. The Kier molecular flexibility index (Phi) is 5.04. The molecule has 2 aromatic rings. The molecular formula is C20H25O4PS. The standard InChI is InChI=1S/C20H25O4PS/c1-15-11-13-17(14-12-15)26(22)20(25(21,23-4)24-5)18(19(20,2)3)16-9-7-6-8-10-16/h6-14,18H,1-5H3/t18-,20-,26?/m1/s1. The molecule has 1 unspecified atom stereocenters. The van der Waals surface area contributed by atoms with Gasteiger partial charge in [0.25, 0.3) is 0 Å². The van der Waals surface area contributed by atoms with Gasteiger partial charge in [0.2, 0.25) is 0 Å². The molecule has 0 aliphatic heterocycles. The Morgan fingerprint density at radius 2 is 1.50 bits per heavy atom. The van der Waals surface area contributed by atoms with E-state index in [0.29, 0.717) is 4.90 Å². The van der Waals surface area contributed by atoms with Crippen molar-refractivity contribution < 1.29 is 17.8 Å². The molecule has 0 saturated heterocycles. The van der Waals surface area contributed by atoms with Crippen LogP contribution in [-0.4, -0.2) is 22.9 Å². The van der Waals surface area contributed by atoms with Crippen LogP contribution in [0.2, 0.25) is 0 Å². The maximum atomic E-state index is 13.8. The lowest BCUT2D eigenvalue weighted by Crippen LogP contribution is -2.26. The molecular weight excluding hydrogens is 367 g/mol. The Balaban J connectivity index is 2.21. The van der Waals surface area contributed by atoms with Crippen molar-refractivity contribution in [1.82, 2.24) is 0 Å². The molecule has 0 bridgehead atoms. The van der Waals surface area contributed by atoms with Gasteiger partial charge in [-0.05, 0) is 24.6 Å². The molecule has 0 amide bonds. The normalized spacial score (nSPS) is 25.7. The Hall–Kier alpha value is -1.26. The van der Waals surface area contributed by atoms with Gasteiger partial charge in [0, 0.05) is 30.4 Å². The van der Waals surface area contributed by atoms with Crippen LogP contribution in [0.25, 0.3) is 0 Å². The third-order valence-electron chi connectivity index (χ3n) is 5.49. The van der Waals surface area contributed by atoms with Gasteiger partial charge >= 0.3 is 7.60 Å². The lowest BCUT2D eigenvalue weighted by Gasteiger charge is -2.27. The molecule has 0 spiro atoms. The van der Waals surface area contributed by atoms with E-state index in [2.05, 4.69) is 0 Å². The van der Waals surface area contributed by atoms with Gasteiger partial charge in [0.15, 0.2) is 4.49 Å². The van der Waals surface area contributed by atoms with Gasteiger partial charge in [0.05, 0.1) is 10.8 Å². The monoisotopic (exact) mass is 392 g/mol. The molecule has 4 nitrogen and oxygen atoms in total. The van der Waals surface area contributed by atoms with Gasteiger partial charge in [-0.2, -0.15) is 0 Å². The molecule has 0 radical (unpaired) electrons. The zero-order valence-corrected chi connectivity index (χ0v) is 17.5. The van der Waals surface area contributed by atoms with Crippen LogP contribution in [0.4, 0.5) is 0 Å². The summed E-state index contributed by atoms with van der Waals surface area (Å²) in [6.07, 6.45) is 0. The summed E-state index contributed by atoms with van der Waals surface area (Å²) in [5.74, 6) is -0.205. The van der Waals surface area contributed by atoms with E-state index in [-0.39, 0.29) is 5.92 Å². The Morgan fingerprint density at radius 1 is 0.962 bits per heavy atom. The SMILES string of the molecule is COP(=O)(OC)[C@@]1(S(=O)c2ccc(C)cc2)[C@H](c2ccccc2)C1(C)C. The Labute approximate surface area is 157 Å². The molecule has 1 saturated carbocycles. The minimum Gasteiger partial charge on any atom is -0.311 e. The van der Waals surface area contributed by atoms with Crippen molar-refractivity contribution in [2.24, 2.45) is 5.41 Å². The van der Waals surface area contributed by atoms with E-state index in [1.807, 2.05) is 75.4 Å². The molecule has 1 fully saturated rings. The van der Waals surface area contributed by atoms with E-state index in [1.165, 1.54) is 14.2 Å². The van der Waals surface area contributed by atoms with Crippen LogP contribution < -0.4 is 0 Å². The van der Waals surface area contributed by atoms with E-state index in [9.17, 15) is 8.77 Å². The van der Waals surface area contributed by atoms with Crippen LogP contribution in [0, 0.1) is 12.3 Å². The molecule has 1 aliphatic carbocycles. The van der Waals surface area contributed by atoms with E-state index >= 15 is 0 Å². The molecule has 26 heavy (non-hydrogen) atoms. The summed E-state index contributed by atoms with van der Waals surface area (Å²) in [6.45, 7) is 5.95. The second-order valence-corrected chi connectivity index (χ2v) is 11.6. The van der Waals surface area contributed by atoms with Gasteiger partial charge in [-0.25, -0.2) is 0 Å². The smallest absolute Gasteiger partial charge is 0.311 e. The molecule has 3 rings (SSSR count). The molecule has 0 aromatic heterocycles. The van der Waals surface area contributed by atoms with E-state index in [4.69, 9.17) is 9.05 Å². The fourth-order valence-corrected chi connectivity index (χ4v) is 9.88. The molecule has 140 valence electrons. The number of aryl methyl sites for hydroxylation is 1. The maximum absolute atomic E-state index is 13.8. The quantitative estimate of drug-likeness (QED) is 0.641. The number of benzene rings is 2. The molecule has 1 aliphatic rings. The summed E-state index contributed by atoms with van der Waals surface area (Å²) < 4.78 is 37.1. The highest BCUT2D eigenvalue weighted by Gasteiger charge is 2.84. The third-order valence-corrected chi connectivity index (χ3v) is 11.3. The lowest BCUT2D eigenvalue weighted by molar-refractivity contribution is 0.266. The predicted molar refractivity (Wildman–Crippen MR) is 105 cm³/mol.